The van der Waals surface area contributed by atoms with Crippen molar-refractivity contribution in [2.75, 3.05) is 10.6 Å². The molecule has 0 saturated heterocycles. The van der Waals surface area contributed by atoms with Gasteiger partial charge in [-0.05, 0) is 52.8 Å². The SMILES string of the molecule is S=C(Nc1ccc(Br)cc1)Nc1ccn(Cc2cccc3ccccc23)n1. The minimum Gasteiger partial charge on any atom is -0.332 e. The molecule has 0 radical (unpaired) electrons. The number of fused-ring (bicyclic) bond motifs is 1. The Bertz CT molecular complexity index is 1080. The lowest BCUT2D eigenvalue weighted by Crippen LogP contribution is -2.19. The topological polar surface area (TPSA) is 41.9 Å². The third-order valence-electron chi connectivity index (χ3n) is 4.20. The van der Waals surface area contributed by atoms with E-state index < -0.39 is 0 Å². The molecule has 1 aromatic heterocycles. The van der Waals surface area contributed by atoms with Gasteiger partial charge in [0.1, 0.15) is 0 Å². The molecule has 0 aliphatic heterocycles. The molecule has 0 unspecified atom stereocenters. The van der Waals surface area contributed by atoms with Crippen LogP contribution in [0.3, 0.4) is 0 Å². The monoisotopic (exact) mass is 436 g/mol. The van der Waals surface area contributed by atoms with Crippen molar-refractivity contribution in [3.63, 3.8) is 0 Å². The van der Waals surface area contributed by atoms with Crippen LogP contribution in [0.2, 0.25) is 0 Å². The van der Waals surface area contributed by atoms with Crippen LogP contribution in [0.1, 0.15) is 5.56 Å². The third kappa shape index (κ3) is 4.35. The van der Waals surface area contributed by atoms with E-state index in [1.54, 1.807) is 0 Å². The molecule has 6 heteroatoms. The van der Waals surface area contributed by atoms with Crippen LogP contribution in [0.5, 0.6) is 0 Å². The number of nitrogens with zero attached hydrogens (tertiary/aromatic N) is 2. The van der Waals surface area contributed by atoms with E-state index >= 15 is 0 Å². The number of halogens is 1. The van der Waals surface area contributed by atoms with Crippen LogP contribution >= 0.6 is 28.1 Å². The lowest BCUT2D eigenvalue weighted by atomic mass is 10.0. The maximum Gasteiger partial charge on any atom is 0.176 e. The Morgan fingerprint density at radius 3 is 2.56 bits per heavy atom. The van der Waals surface area contributed by atoms with Gasteiger partial charge in [0.05, 0.1) is 6.54 Å². The molecule has 0 saturated carbocycles. The summed E-state index contributed by atoms with van der Waals surface area (Å²) in [6, 6.07) is 24.5. The quantitative estimate of drug-likeness (QED) is 0.405. The van der Waals surface area contributed by atoms with E-state index in [0.717, 1.165) is 10.2 Å². The Kier molecular flexibility index (Phi) is 5.18. The van der Waals surface area contributed by atoms with Gasteiger partial charge < -0.3 is 10.6 Å². The summed E-state index contributed by atoms with van der Waals surface area (Å²) >= 11 is 8.79. The second-order valence-corrected chi connectivity index (χ2v) is 7.45. The van der Waals surface area contributed by atoms with Crippen molar-refractivity contribution in [1.82, 2.24) is 9.78 Å². The highest BCUT2D eigenvalue weighted by atomic mass is 79.9. The van der Waals surface area contributed by atoms with Crippen molar-refractivity contribution < 1.29 is 0 Å². The lowest BCUT2D eigenvalue weighted by Gasteiger charge is -2.09. The maximum absolute atomic E-state index is 5.37. The van der Waals surface area contributed by atoms with Gasteiger partial charge in [0.25, 0.3) is 0 Å². The van der Waals surface area contributed by atoms with Crippen molar-refractivity contribution in [2.24, 2.45) is 0 Å². The second-order valence-electron chi connectivity index (χ2n) is 6.12. The van der Waals surface area contributed by atoms with Crippen molar-refractivity contribution in [2.45, 2.75) is 6.54 Å². The Morgan fingerprint density at radius 1 is 0.926 bits per heavy atom. The van der Waals surface area contributed by atoms with Crippen LogP contribution in [0.4, 0.5) is 11.5 Å². The summed E-state index contributed by atoms with van der Waals surface area (Å²) in [4.78, 5) is 0. The molecule has 134 valence electrons. The Balaban J connectivity index is 1.44. The van der Waals surface area contributed by atoms with Gasteiger partial charge in [-0.15, -0.1) is 0 Å². The second kappa shape index (κ2) is 7.90. The fraction of sp³-hybridized carbons (Fsp3) is 0.0476. The summed E-state index contributed by atoms with van der Waals surface area (Å²) in [5.41, 5.74) is 2.16. The lowest BCUT2D eigenvalue weighted by molar-refractivity contribution is 0.693. The summed E-state index contributed by atoms with van der Waals surface area (Å²) in [5.74, 6) is 0.713. The van der Waals surface area contributed by atoms with Crippen LogP contribution in [-0.2, 0) is 6.54 Å². The van der Waals surface area contributed by atoms with Crippen LogP contribution in [-0.4, -0.2) is 14.9 Å². The van der Waals surface area contributed by atoms with Gasteiger partial charge in [-0.25, -0.2) is 0 Å². The number of thiocarbonyl (C=S) groups is 1. The standard InChI is InChI=1S/C21H17BrN4S/c22-17-8-10-18(11-9-17)23-21(27)24-20-12-13-26(25-20)14-16-6-3-5-15-4-1-2-7-19(15)16/h1-13H,14H2,(H2,23,24,25,27). The molecule has 0 amide bonds. The normalized spacial score (nSPS) is 10.7. The van der Waals surface area contributed by atoms with E-state index in [0.29, 0.717) is 17.5 Å². The molecule has 1 heterocycles. The van der Waals surface area contributed by atoms with E-state index in [9.17, 15) is 0 Å². The number of rotatable bonds is 4. The van der Waals surface area contributed by atoms with Gasteiger partial charge in [0.15, 0.2) is 10.9 Å². The molecule has 4 aromatic rings. The van der Waals surface area contributed by atoms with E-state index in [1.165, 1.54) is 16.3 Å². The molecule has 0 atom stereocenters. The van der Waals surface area contributed by atoms with E-state index in [-0.39, 0.29) is 0 Å². The molecule has 4 rings (SSSR count). The van der Waals surface area contributed by atoms with Gasteiger partial charge in [0, 0.05) is 22.4 Å². The molecule has 0 aliphatic carbocycles. The number of anilines is 2. The highest BCUT2D eigenvalue weighted by molar-refractivity contribution is 9.10. The summed E-state index contributed by atoms with van der Waals surface area (Å²) in [5, 5.41) is 13.8. The summed E-state index contributed by atoms with van der Waals surface area (Å²) in [7, 11) is 0. The van der Waals surface area contributed by atoms with Gasteiger partial charge in [-0.1, -0.05) is 58.4 Å². The molecule has 0 fully saturated rings. The van der Waals surface area contributed by atoms with Gasteiger partial charge >= 0.3 is 0 Å². The number of benzene rings is 3. The van der Waals surface area contributed by atoms with Gasteiger partial charge in [0.2, 0.25) is 0 Å². The average Bonchev–Trinajstić information content (AvgIpc) is 3.10. The molecule has 0 bridgehead atoms. The van der Waals surface area contributed by atoms with Crippen LogP contribution in [0.15, 0.2) is 83.5 Å². The number of aromatic nitrogens is 2. The highest BCUT2D eigenvalue weighted by Gasteiger charge is 2.05. The van der Waals surface area contributed by atoms with Crippen molar-refractivity contribution in [3.05, 3.63) is 89.0 Å². The molecule has 3 aromatic carbocycles. The molecule has 0 aliphatic rings. The molecular formula is C21H17BrN4S. The minimum atomic E-state index is 0.507. The largest absolute Gasteiger partial charge is 0.332 e. The fourth-order valence-corrected chi connectivity index (χ4v) is 3.42. The van der Waals surface area contributed by atoms with E-state index in [4.69, 9.17) is 12.2 Å². The highest BCUT2D eigenvalue weighted by Crippen LogP contribution is 2.20. The Morgan fingerprint density at radius 2 is 1.70 bits per heavy atom. The van der Waals surface area contributed by atoms with Gasteiger partial charge in [-0.3, -0.25) is 4.68 Å². The van der Waals surface area contributed by atoms with E-state index in [1.807, 2.05) is 41.2 Å². The predicted molar refractivity (Wildman–Crippen MR) is 119 cm³/mol. The first-order valence-corrected chi connectivity index (χ1v) is 9.71. The van der Waals surface area contributed by atoms with Crippen molar-refractivity contribution >= 4 is 55.5 Å². The summed E-state index contributed by atoms with van der Waals surface area (Å²) in [6.45, 7) is 0.704. The van der Waals surface area contributed by atoms with Gasteiger partial charge in [-0.2, -0.15) is 5.10 Å². The molecule has 0 spiro atoms. The molecule has 2 N–H and O–H groups in total. The number of hydrogen-bond donors (Lipinski definition) is 2. The average molecular weight is 437 g/mol. The van der Waals surface area contributed by atoms with Crippen molar-refractivity contribution in [1.29, 1.82) is 0 Å². The molecular weight excluding hydrogens is 420 g/mol. The minimum absolute atomic E-state index is 0.507. The Hall–Kier alpha value is -2.70. The zero-order chi connectivity index (χ0) is 18.6. The van der Waals surface area contributed by atoms with Crippen LogP contribution in [0.25, 0.3) is 10.8 Å². The smallest absolute Gasteiger partial charge is 0.176 e. The summed E-state index contributed by atoms with van der Waals surface area (Å²) < 4.78 is 2.94. The third-order valence-corrected chi connectivity index (χ3v) is 4.93. The first-order chi connectivity index (χ1) is 13.2. The zero-order valence-corrected chi connectivity index (χ0v) is 16.8. The number of hydrogen-bond acceptors (Lipinski definition) is 2. The molecule has 27 heavy (non-hydrogen) atoms. The van der Waals surface area contributed by atoms with Crippen molar-refractivity contribution in [3.8, 4) is 0 Å². The first-order valence-electron chi connectivity index (χ1n) is 8.51. The maximum atomic E-state index is 5.37. The molecule has 4 nitrogen and oxygen atoms in total. The predicted octanol–water partition coefficient (Wildman–Crippen LogP) is 5.66. The van der Waals surface area contributed by atoms with E-state index in [2.05, 4.69) is 74.1 Å². The number of nitrogens with one attached hydrogen (secondary N) is 2. The Labute approximate surface area is 171 Å². The van der Waals surface area contributed by atoms with Crippen LogP contribution < -0.4 is 10.6 Å². The van der Waals surface area contributed by atoms with Crippen LogP contribution in [0, 0.1) is 0 Å². The zero-order valence-electron chi connectivity index (χ0n) is 14.4. The fourth-order valence-electron chi connectivity index (χ4n) is 2.93. The first kappa shape index (κ1) is 17.7. The summed E-state index contributed by atoms with van der Waals surface area (Å²) in [6.07, 6.45) is 1.95.